The first-order chi connectivity index (χ1) is 6.09. The molecule has 0 saturated carbocycles. The lowest BCUT2D eigenvalue weighted by Gasteiger charge is -2.04. The fourth-order valence-electron chi connectivity index (χ4n) is 0.878. The normalized spacial score (nSPS) is 12.5. The van der Waals surface area contributed by atoms with Crippen LogP contribution in [0, 0.1) is 0 Å². The molecule has 0 aromatic carbocycles. The molecule has 1 heterocycles. The molecule has 13 heavy (non-hydrogen) atoms. The Bertz CT molecular complexity index is 293. The van der Waals surface area contributed by atoms with E-state index in [1.165, 1.54) is 12.3 Å². The van der Waals surface area contributed by atoms with Crippen LogP contribution in [-0.2, 0) is 0 Å². The van der Waals surface area contributed by atoms with Gasteiger partial charge in [0.15, 0.2) is 0 Å². The van der Waals surface area contributed by atoms with Gasteiger partial charge >= 0.3 is 0 Å². The Morgan fingerprint density at radius 3 is 3.00 bits per heavy atom. The first-order valence-electron chi connectivity index (χ1n) is 3.99. The van der Waals surface area contributed by atoms with Gasteiger partial charge < -0.3 is 21.1 Å². The van der Waals surface area contributed by atoms with Gasteiger partial charge in [-0.3, -0.25) is 4.79 Å². The van der Waals surface area contributed by atoms with Gasteiger partial charge in [0.05, 0.1) is 6.10 Å². The molecule has 5 heteroatoms. The van der Waals surface area contributed by atoms with E-state index < -0.39 is 6.10 Å². The number of nitrogen functional groups attached to an aromatic ring is 1. The van der Waals surface area contributed by atoms with Crippen LogP contribution in [0.25, 0.3) is 0 Å². The molecule has 72 valence electrons. The Morgan fingerprint density at radius 1 is 1.85 bits per heavy atom. The van der Waals surface area contributed by atoms with Gasteiger partial charge in [-0.1, -0.05) is 0 Å². The lowest BCUT2D eigenvalue weighted by molar-refractivity contribution is 0.0919. The van der Waals surface area contributed by atoms with E-state index in [0.717, 1.165) is 0 Å². The number of rotatable bonds is 3. The van der Waals surface area contributed by atoms with Crippen molar-refractivity contribution in [3.63, 3.8) is 0 Å². The Morgan fingerprint density at radius 2 is 2.54 bits per heavy atom. The summed E-state index contributed by atoms with van der Waals surface area (Å²) < 4.78 is 0. The number of carbonyl (C=O) groups is 1. The van der Waals surface area contributed by atoms with Crippen LogP contribution in [-0.4, -0.2) is 28.6 Å². The predicted molar refractivity (Wildman–Crippen MR) is 49.2 cm³/mol. The summed E-state index contributed by atoms with van der Waals surface area (Å²) >= 11 is 0. The van der Waals surface area contributed by atoms with Crippen molar-refractivity contribution < 1.29 is 9.90 Å². The maximum Gasteiger partial charge on any atom is 0.267 e. The van der Waals surface area contributed by atoms with E-state index in [1.807, 2.05) is 0 Å². The van der Waals surface area contributed by atoms with Gasteiger partial charge in [0, 0.05) is 18.4 Å². The molecule has 1 aromatic heterocycles. The second kappa shape index (κ2) is 3.95. The minimum atomic E-state index is -0.545. The number of hydrogen-bond donors (Lipinski definition) is 4. The minimum absolute atomic E-state index is 0.234. The van der Waals surface area contributed by atoms with E-state index in [-0.39, 0.29) is 12.5 Å². The molecule has 1 rings (SSSR count). The molecule has 1 atom stereocenters. The topological polar surface area (TPSA) is 91.1 Å². The maximum atomic E-state index is 11.3. The number of aliphatic hydroxyl groups is 1. The maximum absolute atomic E-state index is 11.3. The van der Waals surface area contributed by atoms with Gasteiger partial charge in [-0.25, -0.2) is 0 Å². The third-order valence-corrected chi connectivity index (χ3v) is 1.51. The van der Waals surface area contributed by atoms with Crippen LogP contribution in [0.1, 0.15) is 17.4 Å². The molecule has 5 N–H and O–H groups in total. The molecular formula is C8H13N3O2. The average molecular weight is 183 g/mol. The van der Waals surface area contributed by atoms with E-state index in [4.69, 9.17) is 10.8 Å². The van der Waals surface area contributed by atoms with Crippen molar-refractivity contribution in [1.82, 2.24) is 10.3 Å². The van der Waals surface area contributed by atoms with E-state index in [2.05, 4.69) is 10.3 Å². The van der Waals surface area contributed by atoms with Crippen LogP contribution in [0.5, 0.6) is 0 Å². The summed E-state index contributed by atoms with van der Waals surface area (Å²) in [7, 11) is 0. The lowest BCUT2D eigenvalue weighted by atomic mass is 10.3. The van der Waals surface area contributed by atoms with Crippen LogP contribution >= 0.6 is 0 Å². The van der Waals surface area contributed by atoms with Gasteiger partial charge in [0.25, 0.3) is 5.91 Å². The number of anilines is 1. The summed E-state index contributed by atoms with van der Waals surface area (Å²) in [6.45, 7) is 1.83. The Labute approximate surface area is 75.9 Å². The molecular weight excluding hydrogens is 170 g/mol. The minimum Gasteiger partial charge on any atom is -0.397 e. The first-order valence-corrected chi connectivity index (χ1v) is 3.99. The Balaban J connectivity index is 2.49. The van der Waals surface area contributed by atoms with Gasteiger partial charge in [-0.05, 0) is 13.0 Å². The number of aromatic nitrogens is 1. The van der Waals surface area contributed by atoms with E-state index in [0.29, 0.717) is 11.4 Å². The zero-order chi connectivity index (χ0) is 9.84. The van der Waals surface area contributed by atoms with Crippen molar-refractivity contribution in [2.24, 2.45) is 0 Å². The first kappa shape index (κ1) is 9.60. The second-order valence-electron chi connectivity index (χ2n) is 2.91. The van der Waals surface area contributed by atoms with E-state index >= 15 is 0 Å². The van der Waals surface area contributed by atoms with Crippen LogP contribution in [0.15, 0.2) is 12.3 Å². The average Bonchev–Trinajstić information content (AvgIpc) is 2.47. The molecule has 0 radical (unpaired) electrons. The van der Waals surface area contributed by atoms with Crippen molar-refractivity contribution in [2.45, 2.75) is 13.0 Å². The lowest BCUT2D eigenvalue weighted by Crippen LogP contribution is -2.30. The highest BCUT2D eigenvalue weighted by molar-refractivity contribution is 5.93. The number of aromatic amines is 1. The zero-order valence-electron chi connectivity index (χ0n) is 7.37. The summed E-state index contributed by atoms with van der Waals surface area (Å²) in [5.74, 6) is -0.266. The standard InChI is InChI=1S/C8H13N3O2/c1-5(12)3-11-8(13)7-2-6(9)4-10-7/h2,4-5,10,12H,3,9H2,1H3,(H,11,13). The third-order valence-electron chi connectivity index (χ3n) is 1.51. The predicted octanol–water partition coefficient (Wildman–Crippen LogP) is -0.293. The van der Waals surface area contributed by atoms with Gasteiger partial charge in [0.1, 0.15) is 5.69 Å². The molecule has 0 bridgehead atoms. The molecule has 0 aliphatic carbocycles. The number of carbonyl (C=O) groups excluding carboxylic acids is 1. The van der Waals surface area contributed by atoms with Crippen molar-refractivity contribution in [2.75, 3.05) is 12.3 Å². The van der Waals surface area contributed by atoms with E-state index in [9.17, 15) is 4.79 Å². The SMILES string of the molecule is CC(O)CNC(=O)c1cc(N)c[nH]1. The summed E-state index contributed by atoms with van der Waals surface area (Å²) in [6.07, 6.45) is 0.994. The Kier molecular flexibility index (Phi) is 2.92. The highest BCUT2D eigenvalue weighted by Crippen LogP contribution is 2.03. The fraction of sp³-hybridized carbons (Fsp3) is 0.375. The third kappa shape index (κ3) is 2.79. The van der Waals surface area contributed by atoms with E-state index in [1.54, 1.807) is 6.92 Å². The number of H-pyrrole nitrogens is 1. The molecule has 5 nitrogen and oxygen atoms in total. The molecule has 1 unspecified atom stereocenters. The second-order valence-corrected chi connectivity index (χ2v) is 2.91. The number of amides is 1. The summed E-state index contributed by atoms with van der Waals surface area (Å²) in [5, 5.41) is 11.4. The largest absolute Gasteiger partial charge is 0.397 e. The summed E-state index contributed by atoms with van der Waals surface area (Å²) in [6, 6.07) is 1.54. The number of hydrogen-bond acceptors (Lipinski definition) is 3. The monoisotopic (exact) mass is 183 g/mol. The van der Waals surface area contributed by atoms with Gasteiger partial charge in [0.2, 0.25) is 0 Å². The van der Waals surface area contributed by atoms with Gasteiger partial charge in [-0.15, -0.1) is 0 Å². The van der Waals surface area contributed by atoms with Crippen molar-refractivity contribution in [1.29, 1.82) is 0 Å². The number of aliphatic hydroxyl groups excluding tert-OH is 1. The van der Waals surface area contributed by atoms with Crippen LogP contribution in [0.3, 0.4) is 0 Å². The van der Waals surface area contributed by atoms with Gasteiger partial charge in [-0.2, -0.15) is 0 Å². The number of nitrogens with one attached hydrogen (secondary N) is 2. The van der Waals surface area contributed by atoms with Crippen molar-refractivity contribution in [3.8, 4) is 0 Å². The Hall–Kier alpha value is -1.49. The van der Waals surface area contributed by atoms with Crippen LogP contribution in [0.4, 0.5) is 5.69 Å². The quantitative estimate of drug-likeness (QED) is 0.519. The van der Waals surface area contributed by atoms with Crippen molar-refractivity contribution in [3.05, 3.63) is 18.0 Å². The van der Waals surface area contributed by atoms with Crippen LogP contribution in [0.2, 0.25) is 0 Å². The highest BCUT2D eigenvalue weighted by Gasteiger charge is 2.07. The molecule has 0 fully saturated rings. The fourth-order valence-corrected chi connectivity index (χ4v) is 0.878. The molecule has 0 aliphatic heterocycles. The number of nitrogens with two attached hydrogens (primary N) is 1. The highest BCUT2D eigenvalue weighted by atomic mass is 16.3. The smallest absolute Gasteiger partial charge is 0.267 e. The summed E-state index contributed by atoms with van der Waals surface area (Å²) in [5.41, 5.74) is 6.33. The molecule has 0 saturated heterocycles. The van der Waals surface area contributed by atoms with Crippen LogP contribution < -0.4 is 11.1 Å². The zero-order valence-corrected chi connectivity index (χ0v) is 7.37. The molecule has 0 aliphatic rings. The molecule has 1 aromatic rings. The van der Waals surface area contributed by atoms with Crippen molar-refractivity contribution >= 4 is 11.6 Å². The molecule has 0 spiro atoms. The molecule has 1 amide bonds. The summed E-state index contributed by atoms with van der Waals surface area (Å²) in [4.78, 5) is 14.0.